The third-order valence-corrected chi connectivity index (χ3v) is 10.7. The first-order valence-corrected chi connectivity index (χ1v) is 18.4. The van der Waals surface area contributed by atoms with Gasteiger partial charge in [-0.25, -0.2) is 0 Å². The Balaban J connectivity index is 2.19. The molecule has 0 saturated carbocycles. The van der Waals surface area contributed by atoms with Crippen molar-refractivity contribution in [2.45, 2.75) is 177 Å². The van der Waals surface area contributed by atoms with E-state index in [2.05, 4.69) is 34.6 Å². The number of carbonyl (C=O) groups is 2. The Labute approximate surface area is 286 Å². The zero-order valence-electron chi connectivity index (χ0n) is 31.4. The normalized spacial score (nSPS) is 20.9. The highest BCUT2D eigenvalue weighted by atomic mass is 16.6. The standard InChI is InChI=1S/C39H68N2O6/c1-11-33(40)45-34(42)21-22-35(43)46-39(41,12-2)32-24-31-30(9)36(44)28(7)29(8)37(31)47-38(32,10)23-15-20-27(6)19-14-18-26(5)17-13-16-25(3)4/h25-27,32-33,44H,11-24,40-41H2,1-10H3/t26-,27+,32?,33?,38-,39?/m0/s1. The molecule has 1 aliphatic heterocycles. The molecular weight excluding hydrogens is 592 g/mol. The van der Waals surface area contributed by atoms with Crippen molar-refractivity contribution in [1.29, 1.82) is 0 Å². The zero-order valence-corrected chi connectivity index (χ0v) is 31.4. The van der Waals surface area contributed by atoms with E-state index in [1.807, 2.05) is 34.6 Å². The third-order valence-electron chi connectivity index (χ3n) is 10.7. The van der Waals surface area contributed by atoms with Crippen molar-refractivity contribution in [2.75, 3.05) is 0 Å². The first-order valence-electron chi connectivity index (χ1n) is 18.4. The first kappa shape index (κ1) is 40.9. The number of phenols is 1. The second-order valence-electron chi connectivity index (χ2n) is 15.3. The van der Waals surface area contributed by atoms with Crippen molar-refractivity contribution in [3.8, 4) is 11.5 Å². The van der Waals surface area contributed by atoms with Crippen LogP contribution < -0.4 is 16.2 Å². The lowest BCUT2D eigenvalue weighted by Crippen LogP contribution is -2.62. The number of fused-ring (bicyclic) bond motifs is 1. The monoisotopic (exact) mass is 661 g/mol. The van der Waals surface area contributed by atoms with Crippen LogP contribution in [0.3, 0.4) is 0 Å². The van der Waals surface area contributed by atoms with Crippen molar-refractivity contribution in [3.63, 3.8) is 0 Å². The van der Waals surface area contributed by atoms with Crippen LogP contribution in [0.25, 0.3) is 0 Å². The number of hydrogen-bond donors (Lipinski definition) is 3. The van der Waals surface area contributed by atoms with E-state index in [1.54, 1.807) is 0 Å². The molecule has 0 spiro atoms. The topological polar surface area (TPSA) is 134 Å². The SMILES string of the molecule is CCC(N)OC(=O)CCC(=O)OC(N)(CC)C1Cc2c(C)c(O)c(C)c(C)c2O[C@@]1(C)CCC[C@H](C)CCC[C@@H](C)CCCC(C)C. The molecule has 270 valence electrons. The van der Waals surface area contributed by atoms with Gasteiger partial charge < -0.3 is 19.3 Å². The van der Waals surface area contributed by atoms with Gasteiger partial charge in [-0.05, 0) is 94.2 Å². The van der Waals surface area contributed by atoms with E-state index in [-0.39, 0.29) is 24.5 Å². The number of hydrogen-bond acceptors (Lipinski definition) is 8. The largest absolute Gasteiger partial charge is 0.507 e. The average Bonchev–Trinajstić information content (AvgIpc) is 3.01. The number of carbonyl (C=O) groups excluding carboxylic acids is 2. The zero-order chi connectivity index (χ0) is 35.5. The van der Waals surface area contributed by atoms with Gasteiger partial charge in [-0.15, -0.1) is 0 Å². The van der Waals surface area contributed by atoms with Gasteiger partial charge in [0.15, 0.2) is 12.0 Å². The smallest absolute Gasteiger partial charge is 0.308 e. The molecule has 47 heavy (non-hydrogen) atoms. The van der Waals surface area contributed by atoms with Crippen LogP contribution in [0.5, 0.6) is 11.5 Å². The second-order valence-corrected chi connectivity index (χ2v) is 15.3. The van der Waals surface area contributed by atoms with Gasteiger partial charge in [0.25, 0.3) is 0 Å². The molecule has 8 heteroatoms. The highest BCUT2D eigenvalue weighted by molar-refractivity contribution is 5.78. The number of ether oxygens (including phenoxy) is 3. The summed E-state index contributed by atoms with van der Waals surface area (Å²) in [5, 5.41) is 10.9. The predicted molar refractivity (Wildman–Crippen MR) is 190 cm³/mol. The van der Waals surface area contributed by atoms with Gasteiger partial charge in [0.05, 0.1) is 18.8 Å². The Hall–Kier alpha value is -2.32. The van der Waals surface area contributed by atoms with Crippen LogP contribution >= 0.6 is 0 Å². The minimum atomic E-state index is -1.34. The Morgan fingerprint density at radius 2 is 1.47 bits per heavy atom. The molecular formula is C39H68N2O6. The predicted octanol–water partition coefficient (Wildman–Crippen LogP) is 8.69. The van der Waals surface area contributed by atoms with Crippen LogP contribution in [-0.2, 0) is 25.5 Å². The van der Waals surface area contributed by atoms with Crippen LogP contribution in [0.2, 0.25) is 0 Å². The molecule has 0 radical (unpaired) electrons. The lowest BCUT2D eigenvalue weighted by molar-refractivity contribution is -0.182. The molecule has 0 fully saturated rings. The van der Waals surface area contributed by atoms with Gasteiger partial charge >= 0.3 is 11.9 Å². The van der Waals surface area contributed by atoms with E-state index in [4.69, 9.17) is 25.7 Å². The fraction of sp³-hybridized carbons (Fsp3) is 0.795. The van der Waals surface area contributed by atoms with Crippen LogP contribution in [0, 0.1) is 44.4 Å². The summed E-state index contributed by atoms with van der Waals surface area (Å²) in [7, 11) is 0. The second kappa shape index (κ2) is 18.4. The summed E-state index contributed by atoms with van der Waals surface area (Å²) < 4.78 is 18.1. The number of benzene rings is 1. The van der Waals surface area contributed by atoms with Gasteiger partial charge in [-0.3, -0.25) is 21.1 Å². The Kier molecular flexibility index (Phi) is 16.0. The van der Waals surface area contributed by atoms with Gasteiger partial charge in [0.2, 0.25) is 0 Å². The molecule has 3 unspecified atom stereocenters. The lowest BCUT2D eigenvalue weighted by Gasteiger charge is -2.50. The van der Waals surface area contributed by atoms with Gasteiger partial charge in [0, 0.05) is 5.56 Å². The summed E-state index contributed by atoms with van der Waals surface area (Å²) in [6, 6.07) is 0. The summed E-state index contributed by atoms with van der Waals surface area (Å²) in [5.41, 5.74) is 14.1. The molecule has 8 nitrogen and oxygen atoms in total. The molecule has 0 bridgehead atoms. The number of nitrogens with two attached hydrogens (primary N) is 2. The summed E-state index contributed by atoms with van der Waals surface area (Å²) in [6.07, 6.45) is 10.9. The maximum absolute atomic E-state index is 13.1. The Morgan fingerprint density at radius 1 is 0.915 bits per heavy atom. The van der Waals surface area contributed by atoms with Gasteiger partial charge in [-0.1, -0.05) is 86.5 Å². The number of aromatic hydroxyl groups is 1. The molecule has 2 rings (SSSR count). The Morgan fingerprint density at radius 3 is 2.02 bits per heavy atom. The molecule has 0 aliphatic carbocycles. The third kappa shape index (κ3) is 11.7. The van der Waals surface area contributed by atoms with E-state index in [9.17, 15) is 14.7 Å². The lowest BCUT2D eigenvalue weighted by atomic mass is 9.70. The molecule has 5 N–H and O–H groups in total. The minimum absolute atomic E-state index is 0.131. The molecule has 1 aromatic carbocycles. The van der Waals surface area contributed by atoms with Crippen LogP contribution in [-0.4, -0.2) is 34.6 Å². The number of rotatable bonds is 20. The van der Waals surface area contributed by atoms with E-state index in [0.29, 0.717) is 25.2 Å². The van der Waals surface area contributed by atoms with E-state index in [0.717, 1.165) is 59.1 Å². The molecule has 0 amide bonds. The molecule has 1 heterocycles. The van der Waals surface area contributed by atoms with E-state index < -0.39 is 29.5 Å². The summed E-state index contributed by atoms with van der Waals surface area (Å²) in [6.45, 7) is 21.0. The molecule has 0 saturated heterocycles. The average molecular weight is 661 g/mol. The van der Waals surface area contributed by atoms with Crippen LogP contribution in [0.15, 0.2) is 0 Å². The molecule has 0 aromatic heterocycles. The number of esters is 2. The van der Waals surface area contributed by atoms with Gasteiger partial charge in [0.1, 0.15) is 17.1 Å². The Bertz CT molecular complexity index is 1170. The molecule has 1 aliphatic rings. The summed E-state index contributed by atoms with van der Waals surface area (Å²) >= 11 is 0. The highest BCUT2D eigenvalue weighted by Gasteiger charge is 2.53. The van der Waals surface area contributed by atoms with Crippen LogP contribution in [0.4, 0.5) is 0 Å². The fourth-order valence-corrected chi connectivity index (χ4v) is 7.14. The fourth-order valence-electron chi connectivity index (χ4n) is 7.14. The quantitative estimate of drug-likeness (QED) is 0.0934. The van der Waals surface area contributed by atoms with Crippen molar-refractivity contribution < 1.29 is 28.9 Å². The summed E-state index contributed by atoms with van der Waals surface area (Å²) in [4.78, 5) is 25.3. The van der Waals surface area contributed by atoms with E-state index >= 15 is 0 Å². The maximum atomic E-state index is 13.1. The molecule has 6 atom stereocenters. The number of phenolic OH excluding ortho intramolecular Hbond substituents is 1. The maximum Gasteiger partial charge on any atom is 0.308 e. The minimum Gasteiger partial charge on any atom is -0.507 e. The van der Waals surface area contributed by atoms with Crippen molar-refractivity contribution in [1.82, 2.24) is 0 Å². The van der Waals surface area contributed by atoms with Crippen LogP contribution in [0.1, 0.15) is 154 Å². The van der Waals surface area contributed by atoms with Gasteiger partial charge in [-0.2, -0.15) is 0 Å². The molecule has 1 aromatic rings. The highest BCUT2D eigenvalue weighted by Crippen LogP contribution is 2.50. The van der Waals surface area contributed by atoms with Crippen molar-refractivity contribution in [3.05, 3.63) is 22.3 Å². The summed E-state index contributed by atoms with van der Waals surface area (Å²) in [5.74, 6) is 1.75. The van der Waals surface area contributed by atoms with E-state index in [1.165, 1.54) is 38.5 Å². The first-order chi connectivity index (χ1) is 22.0. The van der Waals surface area contributed by atoms with Crippen molar-refractivity contribution >= 4 is 11.9 Å². The van der Waals surface area contributed by atoms with Crippen molar-refractivity contribution in [2.24, 2.45) is 35.1 Å².